The molecule has 1 unspecified atom stereocenters. The Labute approximate surface area is 173 Å². The molecule has 154 valence electrons. The fourth-order valence-corrected chi connectivity index (χ4v) is 3.91. The van der Waals surface area contributed by atoms with Gasteiger partial charge >= 0.3 is 0 Å². The number of benzene rings is 1. The molecule has 0 aliphatic heterocycles. The number of Topliss-reactive ketones (excluding diaryl/α,β-unsaturated/α-hetero) is 1. The molecule has 1 aromatic heterocycles. The summed E-state index contributed by atoms with van der Waals surface area (Å²) in [7, 11) is 3.19. The number of hydrogen-bond acceptors (Lipinski definition) is 7. The number of aliphatic hydroxyl groups is 1. The van der Waals surface area contributed by atoms with Crippen molar-refractivity contribution in [3.63, 3.8) is 0 Å². The molecule has 8 heteroatoms. The van der Waals surface area contributed by atoms with Gasteiger partial charge in [-0.05, 0) is 30.0 Å². The number of phenolic OH excluding ortho intramolecular Hbond substituents is 1. The van der Waals surface area contributed by atoms with Gasteiger partial charge in [0.2, 0.25) is 5.78 Å². The zero-order valence-corrected chi connectivity index (χ0v) is 17.4. The second-order valence-corrected chi connectivity index (χ2v) is 8.15. The van der Waals surface area contributed by atoms with E-state index in [1.165, 1.54) is 15.8 Å². The Morgan fingerprint density at radius 2 is 2.03 bits per heavy atom. The highest BCUT2D eigenvalue weighted by Gasteiger charge is 2.39. The van der Waals surface area contributed by atoms with Gasteiger partial charge in [-0.2, -0.15) is 0 Å². The van der Waals surface area contributed by atoms with E-state index in [9.17, 15) is 19.8 Å². The van der Waals surface area contributed by atoms with Crippen molar-refractivity contribution in [1.29, 1.82) is 0 Å². The highest BCUT2D eigenvalue weighted by atomic mass is 32.1. The lowest BCUT2D eigenvalue weighted by Gasteiger charge is -2.32. The van der Waals surface area contributed by atoms with Gasteiger partial charge in [-0.1, -0.05) is 19.1 Å². The Balaban J connectivity index is 1.83. The van der Waals surface area contributed by atoms with Gasteiger partial charge in [-0.15, -0.1) is 11.3 Å². The average molecular weight is 416 g/mol. The van der Waals surface area contributed by atoms with Crippen molar-refractivity contribution in [2.75, 3.05) is 19.4 Å². The van der Waals surface area contributed by atoms with Crippen LogP contribution in [0.25, 0.3) is 0 Å². The van der Waals surface area contributed by atoms with E-state index in [0.29, 0.717) is 5.70 Å². The molecule has 29 heavy (non-hydrogen) atoms. The van der Waals surface area contributed by atoms with Crippen molar-refractivity contribution in [2.45, 2.75) is 31.9 Å². The van der Waals surface area contributed by atoms with Gasteiger partial charge in [-0.25, -0.2) is 0 Å². The molecule has 2 atom stereocenters. The van der Waals surface area contributed by atoms with Crippen LogP contribution in [0.2, 0.25) is 0 Å². The van der Waals surface area contributed by atoms with Crippen molar-refractivity contribution < 1.29 is 19.8 Å². The smallest absolute Gasteiger partial charge is 0.257 e. The normalized spacial score (nSPS) is 17.0. The highest BCUT2D eigenvalue weighted by Crippen LogP contribution is 2.33. The van der Waals surface area contributed by atoms with Gasteiger partial charge in [0.05, 0.1) is 16.9 Å². The second kappa shape index (κ2) is 8.67. The molecule has 1 aromatic carbocycles. The number of aliphatic hydroxyl groups excluding tert-OH is 1. The van der Waals surface area contributed by atoms with Crippen LogP contribution in [-0.4, -0.2) is 53.0 Å². The number of hydrogen-bond donors (Lipinski definition) is 4. The predicted octanol–water partition coefficient (Wildman–Crippen LogP) is 2.33. The van der Waals surface area contributed by atoms with E-state index in [4.69, 9.17) is 0 Å². The predicted molar refractivity (Wildman–Crippen MR) is 113 cm³/mol. The number of ketones is 1. The van der Waals surface area contributed by atoms with E-state index in [1.54, 1.807) is 37.6 Å². The van der Waals surface area contributed by atoms with E-state index in [-0.39, 0.29) is 34.6 Å². The Kier molecular flexibility index (Phi) is 6.24. The van der Waals surface area contributed by atoms with Crippen molar-refractivity contribution in [2.24, 2.45) is 0 Å². The summed E-state index contributed by atoms with van der Waals surface area (Å²) in [5, 5.41) is 28.8. The minimum absolute atomic E-state index is 0.0541. The lowest BCUT2D eigenvalue weighted by molar-refractivity contribution is -0.124. The first-order valence-electron chi connectivity index (χ1n) is 9.39. The van der Waals surface area contributed by atoms with Crippen LogP contribution in [0.3, 0.4) is 0 Å². The van der Waals surface area contributed by atoms with Crippen LogP contribution in [-0.2, 0) is 11.2 Å². The summed E-state index contributed by atoms with van der Waals surface area (Å²) >= 11 is 1.66. The van der Waals surface area contributed by atoms with Crippen LogP contribution in [0.4, 0.5) is 5.69 Å². The van der Waals surface area contributed by atoms with Gasteiger partial charge in [0.25, 0.3) is 5.91 Å². The zero-order valence-electron chi connectivity index (χ0n) is 16.6. The highest BCUT2D eigenvalue weighted by molar-refractivity contribution is 7.09. The second-order valence-electron chi connectivity index (χ2n) is 7.11. The summed E-state index contributed by atoms with van der Waals surface area (Å²) in [5.74, 6) is -1.04. The molecule has 0 fully saturated rings. The summed E-state index contributed by atoms with van der Waals surface area (Å²) < 4.78 is 0. The molecule has 1 aliphatic rings. The van der Waals surface area contributed by atoms with Gasteiger partial charge < -0.3 is 25.7 Å². The number of carbonyl (C=O) groups excluding carboxylic acids is 2. The number of aromatic hydroxyl groups is 1. The first-order valence-corrected chi connectivity index (χ1v) is 10.3. The van der Waals surface area contributed by atoms with Gasteiger partial charge in [0.15, 0.2) is 11.9 Å². The van der Waals surface area contributed by atoms with Crippen LogP contribution in [0.5, 0.6) is 5.75 Å². The van der Waals surface area contributed by atoms with Gasteiger partial charge in [-0.3, -0.25) is 9.59 Å². The number of para-hydroxylation sites is 1. The third-order valence-corrected chi connectivity index (χ3v) is 5.75. The Hall–Kier alpha value is -2.84. The number of amides is 1. The summed E-state index contributed by atoms with van der Waals surface area (Å²) in [5.41, 5.74) is 0.971. The standard InChI is InChI=1S/C21H25N3O4S/c1-4-12(11-13-7-6-10-29-13)22-16-17(20(27)19(16)26)23-15-9-5-8-14(18(15)25)21(28)24(2)3/h5-10,12,19,22-23,25-26H,4,11H2,1-3H3/t12-,19?/m0/s1. The maximum absolute atomic E-state index is 12.2. The minimum Gasteiger partial charge on any atom is -0.505 e. The van der Waals surface area contributed by atoms with Crippen molar-refractivity contribution in [3.8, 4) is 5.75 Å². The van der Waals surface area contributed by atoms with Crippen LogP contribution in [0.1, 0.15) is 28.6 Å². The largest absolute Gasteiger partial charge is 0.505 e. The monoisotopic (exact) mass is 415 g/mol. The SMILES string of the molecule is CC[C@@H](Cc1cccs1)NC1=C(Nc2cccc(C(=O)N(C)C)c2O)C(=O)C1O. The number of anilines is 1. The molecular weight excluding hydrogens is 390 g/mol. The Morgan fingerprint density at radius 3 is 2.66 bits per heavy atom. The van der Waals surface area contributed by atoms with Crippen LogP contribution < -0.4 is 10.6 Å². The van der Waals surface area contributed by atoms with E-state index >= 15 is 0 Å². The summed E-state index contributed by atoms with van der Waals surface area (Å²) in [6.45, 7) is 2.04. The zero-order chi connectivity index (χ0) is 21.1. The van der Waals surface area contributed by atoms with Crippen LogP contribution >= 0.6 is 11.3 Å². The molecule has 0 spiro atoms. The summed E-state index contributed by atoms with van der Waals surface area (Å²) in [6, 6.07) is 8.81. The first kappa shape index (κ1) is 20.9. The quantitative estimate of drug-likeness (QED) is 0.494. The lowest BCUT2D eigenvalue weighted by atomic mass is 9.93. The van der Waals surface area contributed by atoms with Crippen molar-refractivity contribution >= 4 is 28.7 Å². The summed E-state index contributed by atoms with van der Waals surface area (Å²) in [6.07, 6.45) is 0.376. The number of carbonyl (C=O) groups is 2. The Morgan fingerprint density at radius 1 is 1.28 bits per heavy atom. The van der Waals surface area contributed by atoms with E-state index < -0.39 is 11.9 Å². The molecule has 0 saturated heterocycles. The maximum atomic E-state index is 12.2. The number of nitrogens with zero attached hydrogens (tertiary/aromatic N) is 1. The topological polar surface area (TPSA) is 102 Å². The van der Waals surface area contributed by atoms with Gasteiger partial charge in [0.1, 0.15) is 5.70 Å². The summed E-state index contributed by atoms with van der Waals surface area (Å²) in [4.78, 5) is 27.0. The number of rotatable bonds is 8. The molecule has 1 aliphatic carbocycles. The fraction of sp³-hybridized carbons (Fsp3) is 0.333. The van der Waals surface area contributed by atoms with Crippen molar-refractivity contribution in [1.82, 2.24) is 10.2 Å². The van der Waals surface area contributed by atoms with Crippen molar-refractivity contribution in [3.05, 3.63) is 57.5 Å². The number of nitrogens with one attached hydrogen (secondary N) is 2. The molecule has 0 radical (unpaired) electrons. The van der Waals surface area contributed by atoms with E-state index in [2.05, 4.69) is 16.7 Å². The minimum atomic E-state index is -1.22. The van der Waals surface area contributed by atoms with E-state index in [0.717, 1.165) is 12.8 Å². The molecule has 1 amide bonds. The molecule has 4 N–H and O–H groups in total. The third kappa shape index (κ3) is 4.28. The first-order chi connectivity index (χ1) is 13.8. The molecule has 7 nitrogen and oxygen atoms in total. The number of phenols is 1. The maximum Gasteiger partial charge on any atom is 0.257 e. The average Bonchev–Trinajstić information content (AvgIpc) is 3.22. The van der Waals surface area contributed by atoms with Gasteiger partial charge in [0, 0.05) is 31.4 Å². The fourth-order valence-electron chi connectivity index (χ4n) is 3.12. The third-order valence-electron chi connectivity index (χ3n) is 4.85. The Bertz CT molecular complexity index is 937. The lowest BCUT2D eigenvalue weighted by Crippen LogP contribution is -2.48. The number of thiophene rings is 1. The van der Waals surface area contributed by atoms with E-state index in [1.807, 2.05) is 18.4 Å². The molecule has 3 rings (SSSR count). The molecule has 2 aromatic rings. The molecular formula is C21H25N3O4S. The molecule has 0 bridgehead atoms. The van der Waals surface area contributed by atoms with Crippen LogP contribution in [0, 0.1) is 0 Å². The molecule has 1 heterocycles. The molecule has 0 saturated carbocycles. The van der Waals surface area contributed by atoms with Crippen LogP contribution in [0.15, 0.2) is 47.1 Å².